The molecule has 2 aliphatic rings. The molecule has 0 radical (unpaired) electrons. The number of urea groups is 1. The fraction of sp³-hybridized carbons (Fsp3) is 0.562. The lowest BCUT2D eigenvalue weighted by molar-refractivity contribution is 0.0600. The van der Waals surface area contributed by atoms with Gasteiger partial charge in [0.25, 0.3) is 0 Å². The van der Waals surface area contributed by atoms with E-state index in [-0.39, 0.29) is 6.03 Å². The van der Waals surface area contributed by atoms with Gasteiger partial charge in [0.05, 0.1) is 18.8 Å². The number of hydrogen-bond acceptors (Lipinski definition) is 5. The Morgan fingerprint density at radius 2 is 2.17 bits per heavy atom. The highest BCUT2D eigenvalue weighted by Crippen LogP contribution is 2.27. The number of carbonyl (C=O) groups excluding carboxylic acids is 2. The van der Waals surface area contributed by atoms with Crippen molar-refractivity contribution in [3.63, 3.8) is 0 Å². The highest BCUT2D eigenvalue weighted by molar-refractivity contribution is 5.94. The Bertz CT molecular complexity index is 619. The van der Waals surface area contributed by atoms with Gasteiger partial charge >= 0.3 is 12.0 Å². The van der Waals surface area contributed by atoms with Gasteiger partial charge in [-0.25, -0.2) is 14.6 Å². The van der Waals surface area contributed by atoms with Crippen LogP contribution < -0.4 is 4.90 Å². The third-order valence-electron chi connectivity index (χ3n) is 4.35. The molecule has 1 aromatic heterocycles. The summed E-state index contributed by atoms with van der Waals surface area (Å²) >= 11 is 0. The summed E-state index contributed by atoms with van der Waals surface area (Å²) in [5, 5.41) is 9.77. The van der Waals surface area contributed by atoms with E-state index in [0.717, 1.165) is 31.2 Å². The van der Waals surface area contributed by atoms with Gasteiger partial charge in [-0.05, 0) is 37.3 Å². The molecular weight excluding hydrogens is 298 g/mol. The summed E-state index contributed by atoms with van der Waals surface area (Å²) in [6.45, 7) is 1.62. The lowest BCUT2D eigenvalue weighted by atomic mass is 10.0. The lowest BCUT2D eigenvalue weighted by Gasteiger charge is -2.36. The molecule has 3 rings (SSSR count). The maximum absolute atomic E-state index is 12.7. The first-order valence-corrected chi connectivity index (χ1v) is 7.92. The molecule has 2 amide bonds. The molecule has 23 heavy (non-hydrogen) atoms. The minimum Gasteiger partial charge on any atom is -0.465 e. The average molecular weight is 319 g/mol. The van der Waals surface area contributed by atoms with Gasteiger partial charge in [0, 0.05) is 25.8 Å². The van der Waals surface area contributed by atoms with Crippen LogP contribution in [0.4, 0.5) is 10.6 Å². The van der Waals surface area contributed by atoms with Crippen LogP contribution in [0.15, 0.2) is 12.3 Å². The number of fused-ring (bicyclic) bond motifs is 1. The molecule has 1 fully saturated rings. The summed E-state index contributed by atoms with van der Waals surface area (Å²) in [4.78, 5) is 32.0. The standard InChI is InChI=1S/C16H21N3O4/c1-23-15(21)12-8-11-4-2-7-19(14(11)17-9-12)16(22)18-6-3-5-13(20)10-18/h8-9,13,20H,2-7,10H2,1H3. The quantitative estimate of drug-likeness (QED) is 0.786. The Morgan fingerprint density at radius 3 is 2.91 bits per heavy atom. The number of aliphatic hydroxyl groups is 1. The molecule has 0 bridgehead atoms. The summed E-state index contributed by atoms with van der Waals surface area (Å²) < 4.78 is 4.71. The van der Waals surface area contributed by atoms with Crippen molar-refractivity contribution in [2.45, 2.75) is 31.8 Å². The number of carbonyl (C=O) groups is 2. The Balaban J connectivity index is 1.83. The highest BCUT2D eigenvalue weighted by atomic mass is 16.5. The molecule has 2 aliphatic heterocycles. The zero-order valence-electron chi connectivity index (χ0n) is 13.2. The van der Waals surface area contributed by atoms with Crippen LogP contribution in [0.1, 0.15) is 35.2 Å². The van der Waals surface area contributed by atoms with Crippen molar-refractivity contribution in [3.8, 4) is 0 Å². The Hall–Kier alpha value is -2.15. The van der Waals surface area contributed by atoms with E-state index >= 15 is 0 Å². The van der Waals surface area contributed by atoms with Gasteiger partial charge in [-0.15, -0.1) is 0 Å². The highest BCUT2D eigenvalue weighted by Gasteiger charge is 2.30. The summed E-state index contributed by atoms with van der Waals surface area (Å²) in [5.74, 6) is 0.178. The Kier molecular flexibility index (Phi) is 4.47. The van der Waals surface area contributed by atoms with Crippen LogP contribution in [0.5, 0.6) is 0 Å². The van der Waals surface area contributed by atoms with Gasteiger partial charge in [-0.1, -0.05) is 0 Å². The van der Waals surface area contributed by atoms with Crippen molar-refractivity contribution in [1.29, 1.82) is 0 Å². The third kappa shape index (κ3) is 3.14. The second kappa shape index (κ2) is 6.54. The van der Waals surface area contributed by atoms with E-state index in [1.54, 1.807) is 15.9 Å². The first-order chi connectivity index (χ1) is 11.1. The van der Waals surface area contributed by atoms with E-state index in [1.807, 2.05) is 0 Å². The van der Waals surface area contributed by atoms with E-state index in [2.05, 4.69) is 4.98 Å². The van der Waals surface area contributed by atoms with Gasteiger partial charge in [-0.3, -0.25) is 4.90 Å². The van der Waals surface area contributed by atoms with E-state index in [9.17, 15) is 14.7 Å². The second-order valence-electron chi connectivity index (χ2n) is 5.98. The van der Waals surface area contributed by atoms with Crippen LogP contribution in [0, 0.1) is 0 Å². The number of likely N-dealkylation sites (tertiary alicyclic amines) is 1. The molecule has 124 valence electrons. The van der Waals surface area contributed by atoms with Gasteiger partial charge in [0.15, 0.2) is 0 Å². The average Bonchev–Trinajstić information content (AvgIpc) is 2.59. The predicted molar refractivity (Wildman–Crippen MR) is 83.5 cm³/mol. The van der Waals surface area contributed by atoms with Gasteiger partial charge in [0.1, 0.15) is 5.82 Å². The monoisotopic (exact) mass is 319 g/mol. The molecular formula is C16H21N3O4. The number of aryl methyl sites for hydroxylation is 1. The molecule has 0 saturated carbocycles. The number of anilines is 1. The molecule has 0 aliphatic carbocycles. The fourth-order valence-corrected chi connectivity index (χ4v) is 3.18. The minimum atomic E-state index is -0.452. The number of aliphatic hydroxyl groups excluding tert-OH is 1. The number of hydrogen-bond donors (Lipinski definition) is 1. The van der Waals surface area contributed by atoms with Crippen molar-refractivity contribution in [2.75, 3.05) is 31.6 Å². The van der Waals surface area contributed by atoms with Crippen molar-refractivity contribution in [3.05, 3.63) is 23.4 Å². The molecule has 1 atom stereocenters. The van der Waals surface area contributed by atoms with Crippen LogP contribution in [-0.4, -0.2) is 59.8 Å². The summed E-state index contributed by atoms with van der Waals surface area (Å²) in [6, 6.07) is 1.63. The number of rotatable bonds is 1. The third-order valence-corrected chi connectivity index (χ3v) is 4.35. The van der Waals surface area contributed by atoms with Crippen LogP contribution in [0.3, 0.4) is 0 Å². The minimum absolute atomic E-state index is 0.122. The van der Waals surface area contributed by atoms with Gasteiger partial charge < -0.3 is 14.7 Å². The predicted octanol–water partition coefficient (Wildman–Crippen LogP) is 1.20. The SMILES string of the molecule is COC(=O)c1cnc2c(c1)CCCN2C(=O)N1CCCC(O)C1. The smallest absolute Gasteiger partial charge is 0.339 e. The molecule has 7 nitrogen and oxygen atoms in total. The molecule has 0 spiro atoms. The topological polar surface area (TPSA) is 83.0 Å². The lowest BCUT2D eigenvalue weighted by Crippen LogP contribution is -2.50. The van der Waals surface area contributed by atoms with Crippen molar-refractivity contribution < 1.29 is 19.4 Å². The normalized spacial score (nSPS) is 20.9. The van der Waals surface area contributed by atoms with Crippen molar-refractivity contribution in [1.82, 2.24) is 9.88 Å². The number of nitrogens with zero attached hydrogens (tertiary/aromatic N) is 3. The number of esters is 1. The Labute approximate surface area is 134 Å². The number of piperidine rings is 1. The zero-order chi connectivity index (χ0) is 16.4. The van der Waals surface area contributed by atoms with Crippen LogP contribution in [0.25, 0.3) is 0 Å². The van der Waals surface area contributed by atoms with Crippen molar-refractivity contribution in [2.24, 2.45) is 0 Å². The first-order valence-electron chi connectivity index (χ1n) is 7.92. The maximum Gasteiger partial charge on any atom is 0.339 e. The van der Waals surface area contributed by atoms with E-state index in [4.69, 9.17) is 4.74 Å². The van der Waals surface area contributed by atoms with Crippen LogP contribution in [-0.2, 0) is 11.2 Å². The zero-order valence-corrected chi connectivity index (χ0v) is 13.2. The van der Waals surface area contributed by atoms with Gasteiger partial charge in [-0.2, -0.15) is 0 Å². The molecule has 3 heterocycles. The summed E-state index contributed by atoms with van der Waals surface area (Å²) in [5.41, 5.74) is 1.28. The molecule has 0 aromatic carbocycles. The molecule has 1 saturated heterocycles. The van der Waals surface area contributed by atoms with E-state index < -0.39 is 12.1 Å². The summed E-state index contributed by atoms with van der Waals surface area (Å²) in [7, 11) is 1.33. The number of methoxy groups -OCH3 is 1. The molecule has 7 heteroatoms. The summed E-state index contributed by atoms with van der Waals surface area (Å²) in [6.07, 6.45) is 4.14. The van der Waals surface area contributed by atoms with Crippen LogP contribution >= 0.6 is 0 Å². The van der Waals surface area contributed by atoms with Crippen molar-refractivity contribution >= 4 is 17.8 Å². The van der Waals surface area contributed by atoms with Gasteiger partial charge in [0.2, 0.25) is 0 Å². The molecule has 1 aromatic rings. The number of amides is 2. The molecule has 1 N–H and O–H groups in total. The van der Waals surface area contributed by atoms with E-state index in [1.165, 1.54) is 13.3 Å². The van der Waals surface area contributed by atoms with E-state index in [0.29, 0.717) is 31.0 Å². The first kappa shape index (κ1) is 15.7. The second-order valence-corrected chi connectivity index (χ2v) is 5.98. The molecule has 1 unspecified atom stereocenters. The Morgan fingerprint density at radius 1 is 1.35 bits per heavy atom. The number of pyridine rings is 1. The fourth-order valence-electron chi connectivity index (χ4n) is 3.18. The number of aromatic nitrogens is 1. The largest absolute Gasteiger partial charge is 0.465 e. The maximum atomic E-state index is 12.7. The van der Waals surface area contributed by atoms with Crippen LogP contribution in [0.2, 0.25) is 0 Å². The number of β-amino-alcohol motifs (C(OH)–C–C–N with tert-alkyl or cyclic N) is 1. The number of ether oxygens (including phenoxy) is 1.